The zero-order chi connectivity index (χ0) is 21.5. The first-order valence-corrected chi connectivity index (χ1v) is 11.1. The molecule has 156 valence electrons. The lowest BCUT2D eigenvalue weighted by molar-refractivity contribution is -0.118. The summed E-state index contributed by atoms with van der Waals surface area (Å²) in [7, 11) is 1.64. The molecule has 0 atom stereocenters. The number of amides is 1. The zero-order valence-corrected chi connectivity index (χ0v) is 18.2. The van der Waals surface area contributed by atoms with Crippen molar-refractivity contribution < 1.29 is 9.53 Å². The van der Waals surface area contributed by atoms with E-state index in [2.05, 4.69) is 29.6 Å². The number of rotatable bonds is 8. The normalized spacial score (nSPS) is 10.7. The van der Waals surface area contributed by atoms with Gasteiger partial charge in [-0.15, -0.1) is 0 Å². The molecule has 0 aliphatic carbocycles. The number of fused-ring (bicyclic) bond motifs is 1. The second-order valence-corrected chi connectivity index (χ2v) is 8.19. The predicted octanol–water partition coefficient (Wildman–Crippen LogP) is 5.24. The van der Waals surface area contributed by atoms with Gasteiger partial charge in [0.1, 0.15) is 10.8 Å². The van der Waals surface area contributed by atoms with Gasteiger partial charge in [-0.2, -0.15) is 0 Å². The number of para-hydroxylation sites is 1. The largest absolute Gasteiger partial charge is 0.497 e. The third-order valence-electron chi connectivity index (χ3n) is 4.99. The average Bonchev–Trinajstić information content (AvgIpc) is 2.82. The Hall–Kier alpha value is -3.31. The molecule has 4 aromatic rings. The van der Waals surface area contributed by atoms with Crippen molar-refractivity contribution in [1.29, 1.82) is 0 Å². The third kappa shape index (κ3) is 5.64. The van der Waals surface area contributed by atoms with Gasteiger partial charge in [-0.25, -0.2) is 4.98 Å². The van der Waals surface area contributed by atoms with Crippen molar-refractivity contribution in [2.75, 3.05) is 12.9 Å². The van der Waals surface area contributed by atoms with E-state index in [1.165, 1.54) is 17.3 Å². The first-order chi connectivity index (χ1) is 15.2. The van der Waals surface area contributed by atoms with Gasteiger partial charge in [0, 0.05) is 18.4 Å². The lowest BCUT2D eigenvalue weighted by Crippen LogP contribution is -2.24. The van der Waals surface area contributed by atoms with Crippen LogP contribution in [0.3, 0.4) is 0 Å². The highest BCUT2D eigenvalue weighted by Gasteiger charge is 2.11. The standard InChI is InChI=1S/C26H24N2O2S/c1-30-23-13-11-20(12-14-23)17-27-25(29)18-31-26-22(15-19-7-3-2-4-8-19)16-21-9-5-6-10-24(21)28-26/h2-14,16H,15,17-18H2,1H3,(H,27,29). The van der Waals surface area contributed by atoms with Crippen LogP contribution in [0.4, 0.5) is 0 Å². The number of ether oxygens (including phenoxy) is 1. The van der Waals surface area contributed by atoms with Crippen LogP contribution >= 0.6 is 11.8 Å². The zero-order valence-electron chi connectivity index (χ0n) is 17.4. The molecule has 31 heavy (non-hydrogen) atoms. The molecule has 0 bridgehead atoms. The van der Waals surface area contributed by atoms with Gasteiger partial charge in [0.25, 0.3) is 0 Å². The van der Waals surface area contributed by atoms with Crippen molar-refractivity contribution in [2.45, 2.75) is 18.0 Å². The van der Waals surface area contributed by atoms with E-state index in [0.29, 0.717) is 12.3 Å². The van der Waals surface area contributed by atoms with Crippen molar-refractivity contribution in [1.82, 2.24) is 10.3 Å². The van der Waals surface area contributed by atoms with E-state index in [0.717, 1.165) is 39.2 Å². The summed E-state index contributed by atoms with van der Waals surface area (Å²) in [4.78, 5) is 17.3. The van der Waals surface area contributed by atoms with E-state index < -0.39 is 0 Å². The summed E-state index contributed by atoms with van der Waals surface area (Å²) in [5.74, 6) is 1.11. The molecule has 0 saturated heterocycles. The topological polar surface area (TPSA) is 51.2 Å². The number of methoxy groups -OCH3 is 1. The number of pyridine rings is 1. The first kappa shape index (κ1) is 20.9. The minimum absolute atomic E-state index is 0.0126. The molecule has 0 radical (unpaired) electrons. The Morgan fingerprint density at radius 3 is 2.45 bits per heavy atom. The lowest BCUT2D eigenvalue weighted by atomic mass is 10.0. The summed E-state index contributed by atoms with van der Waals surface area (Å²) < 4.78 is 5.17. The van der Waals surface area contributed by atoms with Gasteiger partial charge in [-0.3, -0.25) is 4.79 Å². The highest BCUT2D eigenvalue weighted by molar-refractivity contribution is 7.99. The van der Waals surface area contributed by atoms with Gasteiger partial charge in [-0.1, -0.05) is 72.4 Å². The maximum atomic E-state index is 12.5. The maximum Gasteiger partial charge on any atom is 0.230 e. The molecule has 3 aromatic carbocycles. The minimum Gasteiger partial charge on any atom is -0.497 e. The number of carbonyl (C=O) groups excluding carboxylic acids is 1. The van der Waals surface area contributed by atoms with E-state index in [1.54, 1.807) is 7.11 Å². The van der Waals surface area contributed by atoms with E-state index >= 15 is 0 Å². The molecule has 1 N–H and O–H groups in total. The van der Waals surface area contributed by atoms with Crippen LogP contribution in [0.5, 0.6) is 5.75 Å². The molecule has 1 amide bonds. The molecule has 4 nitrogen and oxygen atoms in total. The molecule has 5 heteroatoms. The molecule has 4 rings (SSSR count). The maximum absolute atomic E-state index is 12.5. The monoisotopic (exact) mass is 428 g/mol. The first-order valence-electron chi connectivity index (χ1n) is 10.2. The summed E-state index contributed by atoms with van der Waals surface area (Å²) in [5, 5.41) is 5.00. The quantitative estimate of drug-likeness (QED) is 0.390. The molecule has 0 fully saturated rings. The fraction of sp³-hybridized carbons (Fsp3) is 0.154. The van der Waals surface area contributed by atoms with Gasteiger partial charge in [-0.05, 0) is 41.0 Å². The molecule has 0 aliphatic heterocycles. The number of hydrogen-bond acceptors (Lipinski definition) is 4. The van der Waals surface area contributed by atoms with Crippen LogP contribution in [0.1, 0.15) is 16.7 Å². The highest BCUT2D eigenvalue weighted by atomic mass is 32.2. The Morgan fingerprint density at radius 1 is 0.935 bits per heavy atom. The summed E-state index contributed by atoms with van der Waals surface area (Å²) in [6, 6.07) is 28.3. The van der Waals surface area contributed by atoms with Gasteiger partial charge in [0.15, 0.2) is 0 Å². The Bertz CT molecular complexity index is 1160. The van der Waals surface area contributed by atoms with Crippen LogP contribution in [0, 0.1) is 0 Å². The second kappa shape index (κ2) is 10.1. The smallest absolute Gasteiger partial charge is 0.230 e. The van der Waals surface area contributed by atoms with E-state index in [4.69, 9.17) is 9.72 Å². The van der Waals surface area contributed by atoms with Crippen molar-refractivity contribution in [3.63, 3.8) is 0 Å². The minimum atomic E-state index is -0.0126. The van der Waals surface area contributed by atoms with Crippen LogP contribution in [-0.2, 0) is 17.8 Å². The fourth-order valence-electron chi connectivity index (χ4n) is 3.34. The van der Waals surface area contributed by atoms with Crippen molar-refractivity contribution >= 4 is 28.6 Å². The number of benzene rings is 3. The predicted molar refractivity (Wildman–Crippen MR) is 127 cm³/mol. The van der Waals surface area contributed by atoms with Crippen LogP contribution in [0.25, 0.3) is 10.9 Å². The molecule has 1 heterocycles. The molecular weight excluding hydrogens is 404 g/mol. The van der Waals surface area contributed by atoms with Crippen LogP contribution < -0.4 is 10.1 Å². The lowest BCUT2D eigenvalue weighted by Gasteiger charge is -2.11. The van der Waals surface area contributed by atoms with Gasteiger partial charge >= 0.3 is 0 Å². The number of hydrogen-bond donors (Lipinski definition) is 1. The van der Waals surface area contributed by atoms with E-state index in [-0.39, 0.29) is 5.91 Å². The number of aromatic nitrogens is 1. The summed E-state index contributed by atoms with van der Waals surface area (Å²) in [6.07, 6.45) is 0.786. The Kier molecular flexibility index (Phi) is 6.85. The number of carbonyl (C=O) groups is 1. The second-order valence-electron chi connectivity index (χ2n) is 7.22. The Morgan fingerprint density at radius 2 is 1.68 bits per heavy atom. The van der Waals surface area contributed by atoms with Crippen LogP contribution in [-0.4, -0.2) is 23.8 Å². The average molecular weight is 429 g/mol. The Balaban J connectivity index is 1.44. The summed E-state index contributed by atoms with van der Waals surface area (Å²) in [6.45, 7) is 0.491. The number of nitrogens with zero attached hydrogens (tertiary/aromatic N) is 1. The fourth-order valence-corrected chi connectivity index (χ4v) is 4.19. The van der Waals surface area contributed by atoms with Crippen molar-refractivity contribution in [3.8, 4) is 5.75 Å². The summed E-state index contributed by atoms with van der Waals surface area (Å²) >= 11 is 1.49. The molecule has 0 aliphatic rings. The highest BCUT2D eigenvalue weighted by Crippen LogP contribution is 2.27. The summed E-state index contributed by atoms with van der Waals surface area (Å²) in [5.41, 5.74) is 4.34. The Labute approximate surface area is 186 Å². The third-order valence-corrected chi connectivity index (χ3v) is 6.02. The van der Waals surface area contributed by atoms with Crippen molar-refractivity contribution in [3.05, 3.63) is 102 Å². The van der Waals surface area contributed by atoms with Gasteiger partial charge in [0.2, 0.25) is 5.91 Å². The van der Waals surface area contributed by atoms with Gasteiger partial charge < -0.3 is 10.1 Å². The molecular formula is C26H24N2O2S. The van der Waals surface area contributed by atoms with E-state index in [1.807, 2.05) is 60.7 Å². The SMILES string of the molecule is COc1ccc(CNC(=O)CSc2nc3ccccc3cc2Cc2ccccc2)cc1. The number of nitrogens with one attached hydrogen (secondary N) is 1. The van der Waals surface area contributed by atoms with E-state index in [9.17, 15) is 4.79 Å². The van der Waals surface area contributed by atoms with Crippen molar-refractivity contribution in [2.24, 2.45) is 0 Å². The molecule has 0 saturated carbocycles. The van der Waals surface area contributed by atoms with Gasteiger partial charge in [0.05, 0.1) is 18.4 Å². The van der Waals surface area contributed by atoms with Crippen LogP contribution in [0.2, 0.25) is 0 Å². The van der Waals surface area contributed by atoms with Crippen LogP contribution in [0.15, 0.2) is 90.0 Å². The molecule has 0 spiro atoms. The molecule has 1 aromatic heterocycles. The molecule has 0 unspecified atom stereocenters. The number of thioether (sulfide) groups is 1.